The van der Waals surface area contributed by atoms with Crippen LogP contribution in [0.25, 0.3) is 28.2 Å². The van der Waals surface area contributed by atoms with Gasteiger partial charge in [0.25, 0.3) is 0 Å². The van der Waals surface area contributed by atoms with Gasteiger partial charge in [0.2, 0.25) is 0 Å². The lowest BCUT2D eigenvalue weighted by atomic mass is 10.1. The highest BCUT2D eigenvalue weighted by Crippen LogP contribution is 2.43. The molecule has 0 radical (unpaired) electrons. The van der Waals surface area contributed by atoms with Crippen molar-refractivity contribution in [2.75, 3.05) is 5.33 Å². The Hall–Kier alpha value is -2.10. The monoisotopic (exact) mass is 479 g/mol. The van der Waals surface area contributed by atoms with Gasteiger partial charge < -0.3 is 4.57 Å². The van der Waals surface area contributed by atoms with Crippen LogP contribution in [0.1, 0.15) is 5.56 Å². The second kappa shape index (κ2) is 8.28. The molecule has 4 aromatic rings. The van der Waals surface area contributed by atoms with Crippen LogP contribution in [-0.4, -0.2) is 9.90 Å². The van der Waals surface area contributed by atoms with Crippen molar-refractivity contribution in [1.29, 1.82) is 0 Å². The first kappa shape index (κ1) is 18.3. The highest BCUT2D eigenvalue weighted by atomic mass is 79.9. The second-order valence-corrected chi connectivity index (χ2v) is 7.92. The van der Waals surface area contributed by atoms with E-state index in [9.17, 15) is 0 Å². The molecular formula is C24H19Br2N. The Morgan fingerprint density at radius 3 is 1.63 bits per heavy atom. The molecular weight excluding hydrogens is 462 g/mol. The number of nitrogens with zero attached hydrogens (tertiary/aromatic N) is 1. The van der Waals surface area contributed by atoms with Gasteiger partial charge in [0.15, 0.2) is 0 Å². The minimum absolute atomic E-state index is 0.915. The lowest BCUT2D eigenvalue weighted by molar-refractivity contribution is 1.07. The van der Waals surface area contributed by atoms with Gasteiger partial charge in [-0.2, -0.15) is 0 Å². The van der Waals surface area contributed by atoms with Crippen molar-refractivity contribution >= 4 is 31.9 Å². The van der Waals surface area contributed by atoms with Gasteiger partial charge in [-0.1, -0.05) is 94.8 Å². The molecule has 0 N–H and O–H groups in total. The minimum Gasteiger partial charge on any atom is -0.308 e. The highest BCUT2D eigenvalue weighted by molar-refractivity contribution is 9.10. The SMILES string of the molecule is BrCCc1c(Br)c(-c2ccccc2)n(-c2ccccc2)c1-c1ccccc1. The summed E-state index contributed by atoms with van der Waals surface area (Å²) in [6.07, 6.45) is 0.949. The molecule has 0 saturated carbocycles. The maximum absolute atomic E-state index is 3.94. The third kappa shape index (κ3) is 3.54. The summed E-state index contributed by atoms with van der Waals surface area (Å²) in [5, 5.41) is 0.915. The first-order valence-electron chi connectivity index (χ1n) is 8.96. The van der Waals surface area contributed by atoms with Crippen LogP contribution >= 0.6 is 31.9 Å². The van der Waals surface area contributed by atoms with E-state index < -0.39 is 0 Å². The summed E-state index contributed by atoms with van der Waals surface area (Å²) in [5.74, 6) is 0. The topological polar surface area (TPSA) is 4.93 Å². The van der Waals surface area contributed by atoms with E-state index in [1.54, 1.807) is 0 Å². The molecule has 3 heteroatoms. The number of alkyl halides is 1. The number of para-hydroxylation sites is 1. The Labute approximate surface area is 176 Å². The van der Waals surface area contributed by atoms with Crippen molar-refractivity contribution < 1.29 is 0 Å². The second-order valence-electron chi connectivity index (χ2n) is 6.33. The summed E-state index contributed by atoms with van der Waals surface area (Å²) in [7, 11) is 0. The van der Waals surface area contributed by atoms with E-state index in [0.29, 0.717) is 0 Å². The van der Waals surface area contributed by atoms with E-state index in [1.807, 2.05) is 0 Å². The summed E-state index contributed by atoms with van der Waals surface area (Å²) < 4.78 is 3.54. The Morgan fingerprint density at radius 2 is 1.11 bits per heavy atom. The molecule has 0 unspecified atom stereocenters. The van der Waals surface area contributed by atoms with Gasteiger partial charge in [-0.25, -0.2) is 0 Å². The molecule has 1 heterocycles. The molecule has 0 saturated heterocycles. The van der Waals surface area contributed by atoms with E-state index in [1.165, 1.54) is 28.1 Å². The molecule has 1 aromatic heterocycles. The zero-order valence-corrected chi connectivity index (χ0v) is 17.9. The number of hydrogen-bond acceptors (Lipinski definition) is 0. The van der Waals surface area contributed by atoms with Crippen molar-refractivity contribution in [1.82, 2.24) is 4.57 Å². The van der Waals surface area contributed by atoms with Crippen LogP contribution in [0.4, 0.5) is 0 Å². The molecule has 1 nitrogen and oxygen atoms in total. The number of hydrogen-bond donors (Lipinski definition) is 0. The predicted molar refractivity (Wildman–Crippen MR) is 122 cm³/mol. The molecule has 0 fully saturated rings. The fourth-order valence-corrected chi connectivity index (χ4v) is 4.69. The molecule has 134 valence electrons. The Kier molecular flexibility index (Phi) is 5.61. The van der Waals surface area contributed by atoms with Crippen molar-refractivity contribution in [3.63, 3.8) is 0 Å². The van der Waals surface area contributed by atoms with Crippen LogP contribution in [0.5, 0.6) is 0 Å². The molecule has 0 atom stereocenters. The van der Waals surface area contributed by atoms with Gasteiger partial charge in [0.05, 0.1) is 11.4 Å². The van der Waals surface area contributed by atoms with Crippen molar-refractivity contribution in [2.24, 2.45) is 0 Å². The molecule has 0 spiro atoms. The van der Waals surface area contributed by atoms with Crippen LogP contribution in [0, 0.1) is 0 Å². The van der Waals surface area contributed by atoms with Gasteiger partial charge in [-0.3, -0.25) is 0 Å². The summed E-state index contributed by atoms with van der Waals surface area (Å²) in [6, 6.07) is 31.8. The zero-order valence-electron chi connectivity index (χ0n) is 14.8. The fraction of sp³-hybridized carbons (Fsp3) is 0.0833. The Balaban J connectivity index is 2.11. The predicted octanol–water partition coefficient (Wildman–Crippen LogP) is 7.51. The zero-order chi connectivity index (χ0) is 18.6. The van der Waals surface area contributed by atoms with Crippen molar-refractivity contribution in [3.05, 3.63) is 101 Å². The highest BCUT2D eigenvalue weighted by Gasteiger charge is 2.23. The van der Waals surface area contributed by atoms with E-state index in [-0.39, 0.29) is 0 Å². The molecule has 0 aliphatic rings. The maximum atomic E-state index is 3.94. The van der Waals surface area contributed by atoms with Crippen LogP contribution in [0.2, 0.25) is 0 Å². The molecule has 4 rings (SSSR count). The standard InChI is InChI=1S/C24H19Br2N/c25-17-16-21-22(26)24(19-12-6-2-7-13-19)27(20-14-8-3-9-15-20)23(21)18-10-4-1-5-11-18/h1-15H,16-17H2. The third-order valence-electron chi connectivity index (χ3n) is 4.66. The lowest BCUT2D eigenvalue weighted by Gasteiger charge is -2.15. The summed E-state index contributed by atoms with van der Waals surface area (Å²) >= 11 is 7.59. The van der Waals surface area contributed by atoms with E-state index in [2.05, 4.69) is 127 Å². The van der Waals surface area contributed by atoms with Crippen LogP contribution in [0.3, 0.4) is 0 Å². The van der Waals surface area contributed by atoms with Crippen LogP contribution in [-0.2, 0) is 6.42 Å². The van der Waals surface area contributed by atoms with E-state index in [4.69, 9.17) is 0 Å². The molecule has 0 aliphatic heterocycles. The van der Waals surface area contributed by atoms with Gasteiger partial charge >= 0.3 is 0 Å². The lowest BCUT2D eigenvalue weighted by Crippen LogP contribution is -2.00. The molecule has 27 heavy (non-hydrogen) atoms. The normalized spacial score (nSPS) is 10.9. The number of rotatable bonds is 5. The number of aromatic nitrogens is 1. The quantitative estimate of drug-likeness (QED) is 0.260. The largest absolute Gasteiger partial charge is 0.308 e. The molecule has 0 aliphatic carbocycles. The Bertz CT molecular complexity index is 1020. The smallest absolute Gasteiger partial charge is 0.0680 e. The maximum Gasteiger partial charge on any atom is 0.0680 e. The molecule has 0 amide bonds. The summed E-state index contributed by atoms with van der Waals surface area (Å²) in [5.41, 5.74) is 7.34. The van der Waals surface area contributed by atoms with E-state index in [0.717, 1.165) is 21.9 Å². The van der Waals surface area contributed by atoms with Gasteiger partial charge in [-0.05, 0) is 51.2 Å². The van der Waals surface area contributed by atoms with Crippen LogP contribution in [0.15, 0.2) is 95.5 Å². The third-order valence-corrected chi connectivity index (χ3v) is 5.91. The molecule has 0 bridgehead atoms. The first-order valence-corrected chi connectivity index (χ1v) is 10.9. The average Bonchev–Trinajstić information content (AvgIpc) is 3.03. The number of benzene rings is 3. The molecule has 3 aromatic carbocycles. The average molecular weight is 481 g/mol. The van der Waals surface area contributed by atoms with Crippen LogP contribution < -0.4 is 0 Å². The van der Waals surface area contributed by atoms with E-state index >= 15 is 0 Å². The van der Waals surface area contributed by atoms with Gasteiger partial charge in [-0.15, -0.1) is 0 Å². The number of halogens is 2. The van der Waals surface area contributed by atoms with Gasteiger partial charge in [0, 0.05) is 15.5 Å². The fourth-order valence-electron chi connectivity index (χ4n) is 3.50. The summed E-state index contributed by atoms with van der Waals surface area (Å²) in [6.45, 7) is 0. The minimum atomic E-state index is 0.915. The Morgan fingerprint density at radius 1 is 0.630 bits per heavy atom. The van der Waals surface area contributed by atoms with Crippen molar-refractivity contribution in [2.45, 2.75) is 6.42 Å². The van der Waals surface area contributed by atoms with Crippen molar-refractivity contribution in [3.8, 4) is 28.2 Å². The summed E-state index contributed by atoms with van der Waals surface area (Å²) in [4.78, 5) is 0. The van der Waals surface area contributed by atoms with Gasteiger partial charge in [0.1, 0.15) is 0 Å². The first-order chi connectivity index (χ1) is 13.3.